The molecule has 0 fully saturated rings. The molecule has 0 aliphatic heterocycles. The molecule has 0 aliphatic carbocycles. The SMILES string of the molecule is Fc1c(F)c(F)c([PH+](c2c(F)c(F)c(F)c(F)c2F)c2c(F)c(F)c(F)c(F)c2F)c(F)c1F.[Cl][Au]. The van der Waals surface area contributed by atoms with Gasteiger partial charge in [0.05, 0.1) is 0 Å². The van der Waals surface area contributed by atoms with Crippen LogP contribution in [0, 0.1) is 87.3 Å². The van der Waals surface area contributed by atoms with Gasteiger partial charge in [0.2, 0.25) is 87.3 Å². The van der Waals surface area contributed by atoms with Crippen LogP contribution in [0.4, 0.5) is 65.9 Å². The van der Waals surface area contributed by atoms with E-state index in [4.69, 9.17) is 0 Å². The van der Waals surface area contributed by atoms with Gasteiger partial charge >= 0.3 is 29.2 Å². The summed E-state index contributed by atoms with van der Waals surface area (Å²) in [4.78, 5) is 0. The second kappa shape index (κ2) is 11.2. The number of benzene rings is 3. The second-order valence-corrected chi connectivity index (χ2v) is 8.46. The summed E-state index contributed by atoms with van der Waals surface area (Å²) in [6, 6.07) is 0. The van der Waals surface area contributed by atoms with E-state index in [9.17, 15) is 65.9 Å². The Balaban J connectivity index is 0.00000222. The standard InChI is InChI=1S/C18F15P.Au.ClH/c19-1-4(22)10(28)16(11(29)5(1)23)34(17-12(30)6(24)2(20)7(25)13(17)31)18-14(32)8(26)3(21)9(27)15(18)33;;/h;;1H/q;+1;. The van der Waals surface area contributed by atoms with Crippen molar-refractivity contribution in [1.29, 1.82) is 0 Å². The number of hydrogen-bond donors (Lipinski definition) is 0. The normalized spacial score (nSPS) is 11.2. The fourth-order valence-corrected chi connectivity index (χ4v) is 5.57. The molecule has 0 unspecified atom stereocenters. The molecule has 0 amide bonds. The van der Waals surface area contributed by atoms with Crippen molar-refractivity contribution < 1.29 is 85.8 Å². The van der Waals surface area contributed by atoms with Crippen LogP contribution in [0.3, 0.4) is 0 Å². The molecule has 0 saturated heterocycles. The van der Waals surface area contributed by atoms with E-state index in [1.54, 1.807) is 20.0 Å². The fraction of sp³-hybridized carbons (Fsp3) is 0. The Morgan fingerprint density at radius 1 is 0.278 bits per heavy atom. The zero-order valence-electron chi connectivity index (χ0n) is 15.8. The third kappa shape index (κ3) is 4.60. The molecular formula is C18HAuClF15P+. The van der Waals surface area contributed by atoms with Gasteiger partial charge in [-0.25, -0.2) is 39.5 Å². The topological polar surface area (TPSA) is 0 Å². The van der Waals surface area contributed by atoms with Crippen molar-refractivity contribution in [2.75, 3.05) is 0 Å². The Hall–Kier alpha value is -1.93. The summed E-state index contributed by atoms with van der Waals surface area (Å²) in [7, 11) is -0.847. The van der Waals surface area contributed by atoms with Crippen molar-refractivity contribution in [3.05, 3.63) is 87.3 Å². The molecule has 3 rings (SSSR count). The quantitative estimate of drug-likeness (QED) is 0.102. The first-order chi connectivity index (χ1) is 16.7. The summed E-state index contributed by atoms with van der Waals surface area (Å²) in [5, 5.41) is -7.73. The molecule has 0 saturated carbocycles. The third-order valence-electron chi connectivity index (χ3n) is 4.38. The Bertz CT molecular complexity index is 1130. The average molecular weight is 766 g/mol. The van der Waals surface area contributed by atoms with Gasteiger partial charge in [-0.1, -0.05) is 0 Å². The molecule has 0 nitrogen and oxygen atoms in total. The molecule has 0 heterocycles. The first kappa shape index (κ1) is 30.3. The molecule has 3 aromatic carbocycles. The van der Waals surface area contributed by atoms with E-state index in [0.29, 0.717) is 0 Å². The van der Waals surface area contributed by atoms with E-state index in [-0.39, 0.29) is 0 Å². The van der Waals surface area contributed by atoms with Gasteiger partial charge in [0.25, 0.3) is 0 Å². The molecule has 0 aromatic heterocycles. The summed E-state index contributed by atoms with van der Waals surface area (Å²) in [6.45, 7) is 0. The van der Waals surface area contributed by atoms with E-state index in [1.807, 2.05) is 0 Å². The number of rotatable bonds is 3. The van der Waals surface area contributed by atoms with Crippen LogP contribution in [-0.2, 0) is 20.0 Å². The minimum absolute atomic E-state index is 1.75. The molecule has 0 aliphatic rings. The maximum absolute atomic E-state index is 14.4. The van der Waals surface area contributed by atoms with Crippen molar-refractivity contribution in [2.24, 2.45) is 0 Å². The molecule has 3 aromatic rings. The van der Waals surface area contributed by atoms with Gasteiger partial charge in [-0.15, -0.1) is 0 Å². The third-order valence-corrected chi connectivity index (χ3v) is 7.20. The molecule has 36 heavy (non-hydrogen) atoms. The van der Waals surface area contributed by atoms with E-state index < -0.39 is 111 Å². The van der Waals surface area contributed by atoms with Crippen LogP contribution < -0.4 is 15.9 Å². The summed E-state index contributed by atoms with van der Waals surface area (Å²) in [6.07, 6.45) is 0. The van der Waals surface area contributed by atoms with Crippen LogP contribution in [0.1, 0.15) is 0 Å². The van der Waals surface area contributed by atoms with E-state index in [0.717, 1.165) is 0 Å². The number of hydrogen-bond acceptors (Lipinski definition) is 0. The Kier molecular flexibility index (Phi) is 9.44. The molecule has 0 atom stereocenters. The van der Waals surface area contributed by atoms with Gasteiger partial charge in [0, 0.05) is 0 Å². The summed E-state index contributed by atoms with van der Waals surface area (Å²) in [5.74, 6) is -44.8. The summed E-state index contributed by atoms with van der Waals surface area (Å²) < 4.78 is 209. The molecule has 200 valence electrons. The van der Waals surface area contributed by atoms with Crippen molar-refractivity contribution in [1.82, 2.24) is 0 Å². The van der Waals surface area contributed by atoms with Crippen molar-refractivity contribution in [3.8, 4) is 0 Å². The van der Waals surface area contributed by atoms with Crippen molar-refractivity contribution >= 4 is 33.0 Å². The van der Waals surface area contributed by atoms with Crippen LogP contribution in [0.15, 0.2) is 0 Å². The summed E-state index contributed by atoms with van der Waals surface area (Å²) in [5.41, 5.74) is 0. The Labute approximate surface area is 206 Å². The molecule has 0 spiro atoms. The van der Waals surface area contributed by atoms with Crippen molar-refractivity contribution in [2.45, 2.75) is 0 Å². The van der Waals surface area contributed by atoms with Crippen LogP contribution in [-0.4, -0.2) is 0 Å². The van der Waals surface area contributed by atoms with Gasteiger partial charge in [0.15, 0.2) is 15.9 Å². The van der Waals surface area contributed by atoms with Gasteiger partial charge in [0.1, 0.15) is 7.92 Å². The van der Waals surface area contributed by atoms with Crippen LogP contribution in [0.25, 0.3) is 0 Å². The fourth-order valence-electron chi connectivity index (χ4n) is 2.85. The van der Waals surface area contributed by atoms with Crippen LogP contribution >= 0.6 is 17.1 Å². The zero-order valence-corrected chi connectivity index (χ0v) is 19.8. The van der Waals surface area contributed by atoms with Gasteiger partial charge in [-0.05, 0) is 0 Å². The Morgan fingerprint density at radius 3 is 0.528 bits per heavy atom. The molecule has 0 radical (unpaired) electrons. The first-order valence-corrected chi connectivity index (χ1v) is 12.4. The van der Waals surface area contributed by atoms with E-state index >= 15 is 0 Å². The van der Waals surface area contributed by atoms with E-state index in [2.05, 4.69) is 9.19 Å². The maximum atomic E-state index is 14.4. The molecular weight excluding hydrogens is 765 g/mol. The Morgan fingerprint density at radius 2 is 0.389 bits per heavy atom. The van der Waals surface area contributed by atoms with Crippen molar-refractivity contribution in [3.63, 3.8) is 0 Å². The minimum atomic E-state index is -5.43. The monoisotopic (exact) mass is 765 g/mol. The van der Waals surface area contributed by atoms with Crippen LogP contribution in [0.2, 0.25) is 0 Å². The van der Waals surface area contributed by atoms with Gasteiger partial charge < -0.3 is 0 Å². The average Bonchev–Trinajstić information content (AvgIpc) is 2.87. The van der Waals surface area contributed by atoms with Crippen LogP contribution in [0.5, 0.6) is 0 Å². The predicted molar refractivity (Wildman–Crippen MR) is 91.8 cm³/mol. The molecule has 0 N–H and O–H groups in total. The zero-order chi connectivity index (χ0) is 28.0. The molecule has 0 bridgehead atoms. The second-order valence-electron chi connectivity index (χ2n) is 6.21. The predicted octanol–water partition coefficient (Wildman–Crippen LogP) is 5.95. The van der Waals surface area contributed by atoms with E-state index in [1.165, 1.54) is 0 Å². The van der Waals surface area contributed by atoms with Gasteiger partial charge in [-0.2, -0.15) is 26.3 Å². The number of halogens is 16. The summed E-state index contributed by atoms with van der Waals surface area (Å²) >= 11 is 1.75. The van der Waals surface area contributed by atoms with Gasteiger partial charge in [-0.3, -0.25) is 0 Å². The molecule has 18 heteroatoms. The first-order valence-electron chi connectivity index (χ1n) is 8.20.